The number of rotatable bonds is 10. The van der Waals surface area contributed by atoms with Gasteiger partial charge in [-0.15, -0.1) is 0 Å². The summed E-state index contributed by atoms with van der Waals surface area (Å²) in [6.45, 7) is 0. The van der Waals surface area contributed by atoms with E-state index in [-0.39, 0.29) is 29.4 Å². The van der Waals surface area contributed by atoms with Crippen molar-refractivity contribution in [2.45, 2.75) is 12.2 Å². The second-order valence-electron chi connectivity index (χ2n) is 6.12. The molecule has 0 N–H and O–H groups in total. The molecule has 0 atom stereocenters. The highest BCUT2D eigenvalue weighted by atomic mass is 32.2. The van der Waals surface area contributed by atoms with Crippen LogP contribution in [0.3, 0.4) is 0 Å². The normalized spacial score (nSPS) is 11.0. The Bertz CT molecular complexity index is 963. The van der Waals surface area contributed by atoms with E-state index in [2.05, 4.69) is 0 Å². The van der Waals surface area contributed by atoms with E-state index in [0.717, 1.165) is 0 Å². The Labute approximate surface area is 169 Å². The van der Waals surface area contributed by atoms with Crippen LogP contribution in [-0.2, 0) is 22.0 Å². The van der Waals surface area contributed by atoms with Crippen molar-refractivity contribution >= 4 is 15.5 Å². The SMILES string of the molecule is COc1cc(OC)c(CCS(=O)(=O)Cc2ccc(OC)c([N+](=O)[O-])c2)c(OC)c1. The molecule has 2 aromatic carbocycles. The number of nitro benzene ring substituents is 1. The standard InChI is InChI=1S/C19H23NO8S/c1-25-14-10-18(27-3)15(19(11-14)28-4)7-8-29(23,24)12-13-5-6-17(26-2)16(9-13)20(21)22/h5-6,9-11H,7-8,12H2,1-4H3. The van der Waals surface area contributed by atoms with Crippen LogP contribution in [0.4, 0.5) is 5.69 Å². The number of benzene rings is 2. The van der Waals surface area contributed by atoms with Crippen LogP contribution < -0.4 is 18.9 Å². The molecular weight excluding hydrogens is 402 g/mol. The van der Waals surface area contributed by atoms with Crippen LogP contribution in [0, 0.1) is 10.1 Å². The molecule has 0 heterocycles. The molecule has 2 aromatic rings. The van der Waals surface area contributed by atoms with Crippen LogP contribution in [-0.4, -0.2) is 47.5 Å². The van der Waals surface area contributed by atoms with E-state index in [1.54, 1.807) is 12.1 Å². The summed E-state index contributed by atoms with van der Waals surface area (Å²) in [5.41, 5.74) is 0.630. The molecule has 0 amide bonds. The summed E-state index contributed by atoms with van der Waals surface area (Å²) in [5, 5.41) is 11.1. The zero-order valence-corrected chi connectivity index (χ0v) is 17.4. The summed E-state index contributed by atoms with van der Waals surface area (Å²) in [7, 11) is 2.20. The number of sulfone groups is 1. The van der Waals surface area contributed by atoms with Crippen molar-refractivity contribution in [3.05, 3.63) is 51.6 Å². The summed E-state index contributed by atoms with van der Waals surface area (Å²) in [6, 6.07) is 7.40. The summed E-state index contributed by atoms with van der Waals surface area (Å²) in [6.07, 6.45) is 0.150. The highest BCUT2D eigenvalue weighted by Crippen LogP contribution is 2.35. The third-order valence-corrected chi connectivity index (χ3v) is 5.91. The predicted octanol–water partition coefficient (Wildman–Crippen LogP) is 2.79. The third-order valence-electron chi connectivity index (χ3n) is 4.31. The van der Waals surface area contributed by atoms with Gasteiger partial charge in [0.1, 0.15) is 17.2 Å². The van der Waals surface area contributed by atoms with E-state index >= 15 is 0 Å². The number of hydrogen-bond acceptors (Lipinski definition) is 8. The summed E-state index contributed by atoms with van der Waals surface area (Å²) < 4.78 is 46.0. The minimum atomic E-state index is -3.57. The average molecular weight is 425 g/mol. The lowest BCUT2D eigenvalue weighted by molar-refractivity contribution is -0.385. The molecule has 10 heteroatoms. The smallest absolute Gasteiger partial charge is 0.311 e. The number of nitro groups is 1. The van der Waals surface area contributed by atoms with Crippen LogP contribution in [0.15, 0.2) is 30.3 Å². The number of nitrogens with zero attached hydrogens (tertiary/aromatic N) is 1. The van der Waals surface area contributed by atoms with Gasteiger partial charge in [0.2, 0.25) is 0 Å². The highest BCUT2D eigenvalue weighted by Gasteiger charge is 2.21. The van der Waals surface area contributed by atoms with E-state index in [1.165, 1.54) is 46.6 Å². The molecule has 0 aliphatic carbocycles. The summed E-state index contributed by atoms with van der Waals surface area (Å²) >= 11 is 0. The predicted molar refractivity (Wildman–Crippen MR) is 107 cm³/mol. The van der Waals surface area contributed by atoms with Crippen LogP contribution in [0.5, 0.6) is 23.0 Å². The van der Waals surface area contributed by atoms with Gasteiger partial charge in [-0.25, -0.2) is 8.42 Å². The molecule has 0 spiro atoms. The van der Waals surface area contributed by atoms with E-state index in [9.17, 15) is 18.5 Å². The quantitative estimate of drug-likeness (QED) is 0.422. The molecule has 0 fully saturated rings. The van der Waals surface area contributed by atoms with E-state index in [0.29, 0.717) is 28.4 Å². The van der Waals surface area contributed by atoms with Crippen molar-refractivity contribution in [2.75, 3.05) is 34.2 Å². The number of methoxy groups -OCH3 is 4. The second kappa shape index (κ2) is 9.46. The average Bonchev–Trinajstić information content (AvgIpc) is 2.71. The topological polar surface area (TPSA) is 114 Å². The molecular formula is C19H23NO8S. The monoisotopic (exact) mass is 425 g/mol. The van der Waals surface area contributed by atoms with Gasteiger partial charge < -0.3 is 18.9 Å². The van der Waals surface area contributed by atoms with E-state index in [1.807, 2.05) is 0 Å². The number of hydrogen-bond donors (Lipinski definition) is 0. The van der Waals surface area contributed by atoms with Crippen LogP contribution >= 0.6 is 0 Å². The van der Waals surface area contributed by atoms with Crippen molar-refractivity contribution in [1.29, 1.82) is 0 Å². The van der Waals surface area contributed by atoms with Crippen molar-refractivity contribution in [1.82, 2.24) is 0 Å². The molecule has 0 aliphatic rings. The molecule has 0 aromatic heterocycles. The molecule has 0 unspecified atom stereocenters. The zero-order valence-electron chi connectivity index (χ0n) is 16.6. The largest absolute Gasteiger partial charge is 0.496 e. The van der Waals surface area contributed by atoms with Gasteiger partial charge >= 0.3 is 5.69 Å². The van der Waals surface area contributed by atoms with E-state index in [4.69, 9.17) is 18.9 Å². The Balaban J connectivity index is 2.23. The third kappa shape index (κ3) is 5.50. The van der Waals surface area contributed by atoms with Crippen molar-refractivity contribution in [3.63, 3.8) is 0 Å². The van der Waals surface area contributed by atoms with Crippen molar-refractivity contribution in [3.8, 4) is 23.0 Å². The Morgan fingerprint density at radius 3 is 1.97 bits per heavy atom. The molecule has 0 aliphatic heterocycles. The van der Waals surface area contributed by atoms with Crippen molar-refractivity contribution < 1.29 is 32.3 Å². The number of ether oxygens (including phenoxy) is 4. The summed E-state index contributed by atoms with van der Waals surface area (Å²) in [4.78, 5) is 10.5. The molecule has 158 valence electrons. The molecule has 0 saturated carbocycles. The van der Waals surface area contributed by atoms with Gasteiger partial charge in [0.15, 0.2) is 15.6 Å². The molecule has 2 rings (SSSR count). The zero-order chi connectivity index (χ0) is 21.6. The Hall–Kier alpha value is -3.01. The van der Waals surface area contributed by atoms with Gasteiger partial charge in [-0.3, -0.25) is 10.1 Å². The van der Waals surface area contributed by atoms with Crippen LogP contribution in [0.2, 0.25) is 0 Å². The molecule has 9 nitrogen and oxygen atoms in total. The van der Waals surface area contributed by atoms with Crippen molar-refractivity contribution in [2.24, 2.45) is 0 Å². The maximum atomic E-state index is 12.6. The Morgan fingerprint density at radius 1 is 0.897 bits per heavy atom. The lowest BCUT2D eigenvalue weighted by Crippen LogP contribution is -2.13. The first-order valence-corrected chi connectivity index (χ1v) is 10.4. The first-order chi connectivity index (χ1) is 13.7. The summed E-state index contributed by atoms with van der Waals surface area (Å²) in [5.74, 6) is 0.984. The highest BCUT2D eigenvalue weighted by molar-refractivity contribution is 7.90. The van der Waals surface area contributed by atoms with Crippen LogP contribution in [0.1, 0.15) is 11.1 Å². The van der Waals surface area contributed by atoms with Crippen LogP contribution in [0.25, 0.3) is 0 Å². The van der Waals surface area contributed by atoms with Gasteiger partial charge in [0, 0.05) is 23.8 Å². The maximum Gasteiger partial charge on any atom is 0.311 e. The second-order valence-corrected chi connectivity index (χ2v) is 8.30. The fraction of sp³-hybridized carbons (Fsp3) is 0.368. The van der Waals surface area contributed by atoms with E-state index < -0.39 is 14.8 Å². The maximum absolute atomic E-state index is 12.6. The van der Waals surface area contributed by atoms with Gasteiger partial charge in [-0.1, -0.05) is 6.07 Å². The minimum absolute atomic E-state index is 0.0730. The minimum Gasteiger partial charge on any atom is -0.496 e. The van der Waals surface area contributed by atoms with Gasteiger partial charge in [-0.2, -0.15) is 0 Å². The molecule has 0 bridgehead atoms. The fourth-order valence-corrected chi connectivity index (χ4v) is 4.22. The first-order valence-electron chi connectivity index (χ1n) is 8.55. The lowest BCUT2D eigenvalue weighted by Gasteiger charge is -2.15. The molecule has 0 saturated heterocycles. The van der Waals surface area contributed by atoms with Gasteiger partial charge in [0.05, 0.1) is 44.9 Å². The van der Waals surface area contributed by atoms with Gasteiger partial charge in [-0.05, 0) is 18.1 Å². The fourth-order valence-electron chi connectivity index (χ4n) is 2.88. The first kappa shape index (κ1) is 22.3. The lowest BCUT2D eigenvalue weighted by atomic mass is 10.1. The Kier molecular flexibility index (Phi) is 7.27. The molecule has 0 radical (unpaired) electrons. The molecule has 29 heavy (non-hydrogen) atoms. The Morgan fingerprint density at radius 2 is 1.48 bits per heavy atom. The van der Waals surface area contributed by atoms with Gasteiger partial charge in [0.25, 0.3) is 0 Å².